The number of unbranched alkanes of at least 4 members (excludes halogenated alkanes) is 4. The molecule has 1 aromatic heterocycles. The Labute approximate surface area is 138 Å². The van der Waals surface area contributed by atoms with Gasteiger partial charge in [0.05, 0.1) is 5.92 Å². The van der Waals surface area contributed by atoms with Gasteiger partial charge in [-0.3, -0.25) is 4.79 Å². The van der Waals surface area contributed by atoms with Gasteiger partial charge in [0, 0.05) is 23.8 Å². The van der Waals surface area contributed by atoms with E-state index in [0.29, 0.717) is 6.42 Å². The molecule has 0 amide bonds. The van der Waals surface area contributed by atoms with Crippen molar-refractivity contribution in [1.82, 2.24) is 0 Å². The Morgan fingerprint density at radius 2 is 1.70 bits per heavy atom. The quantitative estimate of drug-likeness (QED) is 0.547. The lowest BCUT2D eigenvalue weighted by Crippen LogP contribution is -2.32. The Balaban J connectivity index is 2.18. The average Bonchev–Trinajstić information content (AvgIpc) is 2.59. The van der Waals surface area contributed by atoms with Gasteiger partial charge in [0.2, 0.25) is 5.69 Å². The van der Waals surface area contributed by atoms with E-state index in [4.69, 9.17) is 0 Å². The van der Waals surface area contributed by atoms with Crippen LogP contribution < -0.4 is 4.57 Å². The van der Waals surface area contributed by atoms with Crippen LogP contribution in [-0.2, 0) is 4.79 Å². The van der Waals surface area contributed by atoms with Crippen molar-refractivity contribution >= 4 is 5.97 Å². The first kappa shape index (κ1) is 17.2. The standard InChI is InChI=1S/C20H25NO2/c1-2-3-4-5-7-13-18(20(22)23)17-12-8-9-14-19(17)21-15-10-6-11-16-21/h6,8-12,14-16,18H,2-5,7,13H2,1H3/p+1. The van der Waals surface area contributed by atoms with Crippen LogP contribution in [0, 0.1) is 0 Å². The molecule has 0 radical (unpaired) electrons. The van der Waals surface area contributed by atoms with Crippen molar-refractivity contribution in [2.45, 2.75) is 51.4 Å². The maximum absolute atomic E-state index is 11.8. The van der Waals surface area contributed by atoms with E-state index in [9.17, 15) is 9.90 Å². The molecule has 1 N–H and O–H groups in total. The topological polar surface area (TPSA) is 41.2 Å². The lowest BCUT2D eigenvalue weighted by Gasteiger charge is -2.14. The summed E-state index contributed by atoms with van der Waals surface area (Å²) in [5, 5.41) is 9.69. The zero-order chi connectivity index (χ0) is 16.5. The van der Waals surface area contributed by atoms with Gasteiger partial charge in [-0.05, 0) is 6.42 Å². The Morgan fingerprint density at radius 3 is 2.39 bits per heavy atom. The van der Waals surface area contributed by atoms with Gasteiger partial charge >= 0.3 is 5.97 Å². The number of carboxylic acid groups (broad SMARTS) is 1. The minimum absolute atomic E-state index is 0.444. The largest absolute Gasteiger partial charge is 0.481 e. The van der Waals surface area contributed by atoms with E-state index in [1.807, 2.05) is 59.4 Å². The van der Waals surface area contributed by atoms with Crippen molar-refractivity contribution in [2.75, 3.05) is 0 Å². The number of hydrogen-bond donors (Lipinski definition) is 1. The van der Waals surface area contributed by atoms with Crippen molar-refractivity contribution in [2.24, 2.45) is 0 Å². The molecule has 2 rings (SSSR count). The van der Waals surface area contributed by atoms with E-state index < -0.39 is 11.9 Å². The van der Waals surface area contributed by atoms with Crippen molar-refractivity contribution in [1.29, 1.82) is 0 Å². The molecule has 0 aliphatic carbocycles. The normalized spacial score (nSPS) is 12.0. The average molecular weight is 312 g/mol. The van der Waals surface area contributed by atoms with E-state index in [1.165, 1.54) is 19.3 Å². The zero-order valence-electron chi connectivity index (χ0n) is 13.8. The fourth-order valence-electron chi connectivity index (χ4n) is 2.94. The molecule has 3 nitrogen and oxygen atoms in total. The second kappa shape index (κ2) is 9.09. The summed E-state index contributed by atoms with van der Waals surface area (Å²) in [6.45, 7) is 2.19. The van der Waals surface area contributed by atoms with Gasteiger partial charge in [-0.25, -0.2) is 0 Å². The van der Waals surface area contributed by atoms with E-state index in [1.54, 1.807) is 0 Å². The molecular formula is C20H26NO2+. The Kier molecular flexibility index (Phi) is 6.79. The Morgan fingerprint density at radius 1 is 1.00 bits per heavy atom. The molecule has 0 saturated carbocycles. The number of benzene rings is 1. The molecule has 122 valence electrons. The summed E-state index contributed by atoms with van der Waals surface area (Å²) in [5.41, 5.74) is 1.85. The fraction of sp³-hybridized carbons (Fsp3) is 0.400. The molecule has 0 aliphatic heterocycles. The maximum Gasteiger partial charge on any atom is 0.311 e. The number of nitrogens with zero attached hydrogens (tertiary/aromatic N) is 1. The van der Waals surface area contributed by atoms with Crippen molar-refractivity contribution in [3.05, 3.63) is 60.4 Å². The van der Waals surface area contributed by atoms with Gasteiger partial charge in [-0.15, -0.1) is 0 Å². The fourth-order valence-corrected chi connectivity index (χ4v) is 2.94. The minimum Gasteiger partial charge on any atom is -0.481 e. The molecule has 3 heteroatoms. The summed E-state index contributed by atoms with van der Waals surface area (Å²) in [6, 6.07) is 13.7. The highest BCUT2D eigenvalue weighted by atomic mass is 16.4. The van der Waals surface area contributed by atoms with Crippen LogP contribution in [-0.4, -0.2) is 11.1 Å². The first-order valence-electron chi connectivity index (χ1n) is 8.52. The summed E-state index contributed by atoms with van der Waals surface area (Å²) in [6.07, 6.45) is 10.3. The van der Waals surface area contributed by atoms with Crippen LogP contribution in [0.2, 0.25) is 0 Å². The lowest BCUT2D eigenvalue weighted by atomic mass is 9.91. The van der Waals surface area contributed by atoms with Crippen molar-refractivity contribution < 1.29 is 14.5 Å². The predicted molar refractivity (Wildman–Crippen MR) is 91.7 cm³/mol. The number of aliphatic carboxylic acids is 1. The van der Waals surface area contributed by atoms with Gasteiger partial charge in [-0.1, -0.05) is 63.3 Å². The SMILES string of the molecule is CCCCCCCC(C(=O)O)c1ccccc1-[n+]1ccccc1. The number of hydrogen-bond acceptors (Lipinski definition) is 1. The third-order valence-electron chi connectivity index (χ3n) is 4.20. The van der Waals surface area contributed by atoms with Crippen molar-refractivity contribution in [3.8, 4) is 5.69 Å². The molecule has 0 fully saturated rings. The van der Waals surface area contributed by atoms with Crippen LogP contribution in [0.5, 0.6) is 0 Å². The highest BCUT2D eigenvalue weighted by molar-refractivity contribution is 5.77. The predicted octanol–water partition coefficient (Wildman–Crippen LogP) is 4.49. The van der Waals surface area contributed by atoms with Crippen LogP contribution in [0.3, 0.4) is 0 Å². The first-order valence-corrected chi connectivity index (χ1v) is 8.52. The third kappa shape index (κ3) is 4.92. The third-order valence-corrected chi connectivity index (χ3v) is 4.20. The molecule has 1 heterocycles. The number of aromatic nitrogens is 1. The van der Waals surface area contributed by atoms with Crippen LogP contribution in [0.25, 0.3) is 5.69 Å². The van der Waals surface area contributed by atoms with E-state index in [2.05, 4.69) is 6.92 Å². The van der Waals surface area contributed by atoms with Crippen LogP contribution >= 0.6 is 0 Å². The zero-order valence-corrected chi connectivity index (χ0v) is 13.8. The summed E-state index contributed by atoms with van der Waals surface area (Å²) >= 11 is 0. The Bertz CT molecular complexity index is 610. The molecule has 1 unspecified atom stereocenters. The number of carbonyl (C=O) groups is 1. The maximum atomic E-state index is 11.8. The summed E-state index contributed by atoms with van der Waals surface area (Å²) in [4.78, 5) is 11.8. The molecule has 0 spiro atoms. The smallest absolute Gasteiger partial charge is 0.311 e. The highest BCUT2D eigenvalue weighted by Crippen LogP contribution is 2.26. The molecule has 1 aromatic carbocycles. The molecule has 0 saturated heterocycles. The second-order valence-electron chi connectivity index (χ2n) is 5.94. The number of para-hydroxylation sites is 1. The molecular weight excluding hydrogens is 286 g/mol. The van der Waals surface area contributed by atoms with Crippen LogP contribution in [0.4, 0.5) is 0 Å². The first-order chi connectivity index (χ1) is 11.2. The minimum atomic E-state index is -0.732. The number of rotatable bonds is 9. The number of pyridine rings is 1. The van der Waals surface area contributed by atoms with Crippen molar-refractivity contribution in [3.63, 3.8) is 0 Å². The van der Waals surface area contributed by atoms with Gasteiger partial charge in [-0.2, -0.15) is 4.57 Å². The number of carboxylic acids is 1. The van der Waals surface area contributed by atoms with E-state index >= 15 is 0 Å². The van der Waals surface area contributed by atoms with Crippen LogP contribution in [0.15, 0.2) is 54.9 Å². The summed E-state index contributed by atoms with van der Waals surface area (Å²) in [7, 11) is 0. The monoisotopic (exact) mass is 312 g/mol. The van der Waals surface area contributed by atoms with Gasteiger partial charge in [0.1, 0.15) is 0 Å². The molecule has 0 aliphatic rings. The molecule has 1 atom stereocenters. The summed E-state index contributed by atoms with van der Waals surface area (Å²) < 4.78 is 1.99. The second-order valence-corrected chi connectivity index (χ2v) is 5.94. The Hall–Kier alpha value is -2.16. The highest BCUT2D eigenvalue weighted by Gasteiger charge is 2.25. The lowest BCUT2D eigenvalue weighted by molar-refractivity contribution is -0.596. The van der Waals surface area contributed by atoms with Gasteiger partial charge in [0.15, 0.2) is 12.4 Å². The van der Waals surface area contributed by atoms with Gasteiger partial charge < -0.3 is 5.11 Å². The van der Waals surface area contributed by atoms with E-state index in [-0.39, 0.29) is 0 Å². The molecule has 0 bridgehead atoms. The molecule has 23 heavy (non-hydrogen) atoms. The molecule has 2 aromatic rings. The summed E-state index contributed by atoms with van der Waals surface area (Å²) in [5.74, 6) is -1.18. The van der Waals surface area contributed by atoms with Crippen LogP contribution in [0.1, 0.15) is 56.9 Å². The van der Waals surface area contributed by atoms with Gasteiger partial charge in [0.25, 0.3) is 0 Å². The van der Waals surface area contributed by atoms with E-state index in [0.717, 1.165) is 24.1 Å².